The van der Waals surface area contributed by atoms with E-state index < -0.39 is 5.82 Å². The summed E-state index contributed by atoms with van der Waals surface area (Å²) < 4.78 is 14.6. The number of nitriles is 1. The van der Waals surface area contributed by atoms with Crippen LogP contribution in [0.15, 0.2) is 43.0 Å². The van der Waals surface area contributed by atoms with Crippen LogP contribution in [0.5, 0.6) is 0 Å². The highest BCUT2D eigenvalue weighted by Gasteiger charge is 2.15. The molecule has 0 spiro atoms. The maximum atomic E-state index is 14.6. The molecular formula is C32H49FN2OS. The summed E-state index contributed by atoms with van der Waals surface area (Å²) in [6.45, 7) is 23.1. The molecule has 0 aromatic heterocycles. The fourth-order valence-electron chi connectivity index (χ4n) is 3.32. The van der Waals surface area contributed by atoms with Crippen LogP contribution in [0.4, 0.5) is 10.1 Å². The maximum Gasteiger partial charge on any atom is 0.159 e. The van der Waals surface area contributed by atoms with Crippen LogP contribution in [-0.4, -0.2) is 30.4 Å². The van der Waals surface area contributed by atoms with Crippen molar-refractivity contribution in [2.45, 2.75) is 81.6 Å². The van der Waals surface area contributed by atoms with Gasteiger partial charge in [-0.1, -0.05) is 61.1 Å². The lowest BCUT2D eigenvalue weighted by molar-refractivity contribution is 0.101. The van der Waals surface area contributed by atoms with Crippen LogP contribution in [-0.2, 0) is 0 Å². The van der Waals surface area contributed by atoms with Gasteiger partial charge in [0.15, 0.2) is 5.78 Å². The van der Waals surface area contributed by atoms with Crippen LogP contribution in [0, 0.1) is 24.1 Å². The summed E-state index contributed by atoms with van der Waals surface area (Å²) in [7, 11) is 0. The third-order valence-electron chi connectivity index (χ3n) is 5.01. The monoisotopic (exact) mass is 528 g/mol. The average molecular weight is 529 g/mol. The molecule has 0 amide bonds. The second-order valence-corrected chi connectivity index (χ2v) is 9.23. The van der Waals surface area contributed by atoms with Gasteiger partial charge in [0.25, 0.3) is 0 Å². The second kappa shape index (κ2) is 22.6. The number of Topliss-reactive ketones (excluding diaryl/α,β-unsaturated/α-hetero) is 1. The van der Waals surface area contributed by atoms with E-state index in [9.17, 15) is 9.18 Å². The highest BCUT2D eigenvalue weighted by molar-refractivity contribution is 7.99. The van der Waals surface area contributed by atoms with E-state index in [1.807, 2.05) is 58.6 Å². The molecule has 2 rings (SSSR count). The predicted octanol–water partition coefficient (Wildman–Crippen LogP) is 9.73. The van der Waals surface area contributed by atoms with E-state index in [4.69, 9.17) is 5.26 Å². The van der Waals surface area contributed by atoms with Crippen LogP contribution in [0.3, 0.4) is 0 Å². The van der Waals surface area contributed by atoms with Gasteiger partial charge in [-0.2, -0.15) is 17.0 Å². The topological polar surface area (TPSA) is 44.1 Å². The molecule has 5 heteroatoms. The number of hydrogen-bond acceptors (Lipinski definition) is 4. The Morgan fingerprint density at radius 3 is 2.05 bits per heavy atom. The highest BCUT2D eigenvalue weighted by Crippen LogP contribution is 2.26. The van der Waals surface area contributed by atoms with Gasteiger partial charge in [-0.25, -0.2) is 4.39 Å². The van der Waals surface area contributed by atoms with Crippen molar-refractivity contribution in [3.63, 3.8) is 0 Å². The number of ketones is 1. The zero-order chi connectivity index (χ0) is 28.8. The molecule has 0 saturated heterocycles. The largest absolute Gasteiger partial charge is 0.365 e. The SMILES string of the molecule is C=C(CN(CCC)c1ccc(C(C)=O)cc1F)c1cc(C#N)ccc1C.CC.CC.CCCSCCC. The molecule has 0 saturated carbocycles. The normalized spacial score (nSPS) is 9.32. The van der Waals surface area contributed by atoms with Gasteiger partial charge in [0.05, 0.1) is 17.3 Å². The van der Waals surface area contributed by atoms with Crippen molar-refractivity contribution < 1.29 is 9.18 Å². The van der Waals surface area contributed by atoms with Crippen molar-refractivity contribution in [1.29, 1.82) is 5.26 Å². The number of benzene rings is 2. The Morgan fingerprint density at radius 2 is 1.59 bits per heavy atom. The van der Waals surface area contributed by atoms with E-state index in [1.165, 1.54) is 37.3 Å². The molecule has 206 valence electrons. The first kappa shape index (κ1) is 36.6. The van der Waals surface area contributed by atoms with E-state index in [2.05, 4.69) is 38.3 Å². The third kappa shape index (κ3) is 14.1. The summed E-state index contributed by atoms with van der Waals surface area (Å²) in [4.78, 5) is 13.4. The van der Waals surface area contributed by atoms with Gasteiger partial charge in [-0.3, -0.25) is 4.79 Å². The van der Waals surface area contributed by atoms with Gasteiger partial charge in [0.1, 0.15) is 5.82 Å². The minimum Gasteiger partial charge on any atom is -0.365 e. The molecule has 0 unspecified atom stereocenters. The molecule has 0 N–H and O–H groups in total. The fourth-order valence-corrected chi connectivity index (χ4v) is 4.10. The van der Waals surface area contributed by atoms with E-state index >= 15 is 0 Å². The van der Waals surface area contributed by atoms with Gasteiger partial charge in [0, 0.05) is 18.7 Å². The van der Waals surface area contributed by atoms with Crippen LogP contribution in [0.1, 0.15) is 102 Å². The lowest BCUT2D eigenvalue weighted by Crippen LogP contribution is -2.27. The molecule has 0 bridgehead atoms. The van der Waals surface area contributed by atoms with Crippen LogP contribution < -0.4 is 4.90 Å². The molecule has 0 heterocycles. The number of halogens is 1. The van der Waals surface area contributed by atoms with Crippen molar-refractivity contribution in [2.24, 2.45) is 0 Å². The maximum absolute atomic E-state index is 14.6. The summed E-state index contributed by atoms with van der Waals surface area (Å²) in [5.41, 5.74) is 4.14. The first-order chi connectivity index (χ1) is 17.8. The number of rotatable bonds is 11. The van der Waals surface area contributed by atoms with Gasteiger partial charge in [-0.05, 0) is 91.6 Å². The Hall–Kier alpha value is -2.58. The molecule has 0 atom stereocenters. The smallest absolute Gasteiger partial charge is 0.159 e. The van der Waals surface area contributed by atoms with Crippen LogP contribution in [0.2, 0.25) is 0 Å². The van der Waals surface area contributed by atoms with Crippen LogP contribution >= 0.6 is 11.8 Å². The highest BCUT2D eigenvalue weighted by atomic mass is 32.2. The molecular weight excluding hydrogens is 479 g/mol. The molecule has 0 aliphatic rings. The number of carbonyl (C=O) groups is 1. The molecule has 37 heavy (non-hydrogen) atoms. The summed E-state index contributed by atoms with van der Waals surface area (Å²) >= 11 is 2.05. The summed E-state index contributed by atoms with van der Waals surface area (Å²) in [5, 5.41) is 9.12. The van der Waals surface area contributed by atoms with Crippen molar-refractivity contribution in [1.82, 2.24) is 0 Å². The summed E-state index contributed by atoms with van der Waals surface area (Å²) in [6, 6.07) is 12.2. The Labute approximate surface area is 231 Å². The number of thioether (sulfide) groups is 1. The Balaban J connectivity index is 0. The third-order valence-corrected chi connectivity index (χ3v) is 6.41. The lowest BCUT2D eigenvalue weighted by atomic mass is 9.98. The quantitative estimate of drug-likeness (QED) is 0.215. The number of nitrogens with zero attached hydrogens (tertiary/aromatic N) is 2. The Bertz CT molecular complexity index is 962. The standard InChI is InChI=1S/C22H23FN2O.C6H14S.2C2H6/c1-5-10-25(22-9-8-19(17(4)26)12-21(22)23)14-16(3)20-11-18(13-24)7-6-15(20)2;1-3-5-7-6-4-2;2*1-2/h6-9,11-12H,3,5,10,14H2,1-2,4H3;3-6H2,1-2H3;2*1-2H3. The van der Waals surface area contributed by atoms with Gasteiger partial charge in [0.2, 0.25) is 0 Å². The zero-order valence-electron chi connectivity index (χ0n) is 24.7. The minimum absolute atomic E-state index is 0.161. The second-order valence-electron chi connectivity index (χ2n) is 8.00. The average Bonchev–Trinajstić information content (AvgIpc) is 2.91. The van der Waals surface area contributed by atoms with Gasteiger partial charge >= 0.3 is 0 Å². The molecule has 0 aliphatic carbocycles. The zero-order valence-corrected chi connectivity index (χ0v) is 25.5. The van der Waals surface area contributed by atoms with Crippen molar-refractivity contribution in [2.75, 3.05) is 29.5 Å². The van der Waals surface area contributed by atoms with E-state index in [0.29, 0.717) is 29.9 Å². The first-order valence-electron chi connectivity index (χ1n) is 13.6. The molecule has 2 aromatic carbocycles. The lowest BCUT2D eigenvalue weighted by Gasteiger charge is -2.26. The molecule has 0 radical (unpaired) electrons. The van der Waals surface area contributed by atoms with E-state index in [0.717, 1.165) is 23.1 Å². The molecule has 0 aliphatic heterocycles. The van der Waals surface area contributed by atoms with Crippen LogP contribution in [0.25, 0.3) is 5.57 Å². The Kier molecular flexibility index (Phi) is 22.3. The number of hydrogen-bond donors (Lipinski definition) is 0. The molecule has 3 nitrogen and oxygen atoms in total. The van der Waals surface area contributed by atoms with Gasteiger partial charge in [-0.15, -0.1) is 0 Å². The Morgan fingerprint density at radius 1 is 1.00 bits per heavy atom. The molecule has 2 aromatic rings. The van der Waals surface area contributed by atoms with Crippen molar-refractivity contribution in [3.05, 3.63) is 71.0 Å². The van der Waals surface area contributed by atoms with Gasteiger partial charge < -0.3 is 4.90 Å². The first-order valence-corrected chi connectivity index (χ1v) is 14.8. The predicted molar refractivity (Wildman–Crippen MR) is 164 cm³/mol. The molecule has 0 fully saturated rings. The van der Waals surface area contributed by atoms with E-state index in [1.54, 1.807) is 18.2 Å². The number of carbonyl (C=O) groups excluding carboxylic acids is 1. The van der Waals surface area contributed by atoms with Crippen molar-refractivity contribution >= 4 is 28.8 Å². The summed E-state index contributed by atoms with van der Waals surface area (Å²) in [6.07, 6.45) is 3.49. The summed E-state index contributed by atoms with van der Waals surface area (Å²) in [5.74, 6) is 2.11. The van der Waals surface area contributed by atoms with Crippen molar-refractivity contribution in [3.8, 4) is 6.07 Å². The number of aryl methyl sites for hydroxylation is 1. The fraction of sp³-hybridized carbons (Fsp3) is 0.500. The van der Waals surface area contributed by atoms with E-state index in [-0.39, 0.29) is 5.78 Å². The minimum atomic E-state index is -0.415. The number of anilines is 1.